The Morgan fingerprint density at radius 1 is 1.42 bits per heavy atom. The Morgan fingerprint density at radius 2 is 2.26 bits per heavy atom. The fourth-order valence-electron chi connectivity index (χ4n) is 2.02. The van der Waals surface area contributed by atoms with Gasteiger partial charge in [-0.3, -0.25) is 0 Å². The van der Waals surface area contributed by atoms with Crippen LogP contribution in [0, 0.1) is 6.92 Å². The van der Waals surface area contributed by atoms with Crippen molar-refractivity contribution in [3.05, 3.63) is 46.5 Å². The molecule has 5 heteroatoms. The summed E-state index contributed by atoms with van der Waals surface area (Å²) in [6.45, 7) is 3.48. The van der Waals surface area contributed by atoms with Crippen molar-refractivity contribution in [2.45, 2.75) is 38.9 Å². The third-order valence-electron chi connectivity index (χ3n) is 3.35. The number of benzene rings is 1. The first kappa shape index (κ1) is 12.6. The molecule has 0 saturated heterocycles. The van der Waals surface area contributed by atoms with Crippen molar-refractivity contribution < 1.29 is 0 Å². The van der Waals surface area contributed by atoms with Crippen LogP contribution in [0.4, 0.5) is 0 Å². The number of hydrogen-bond acceptors (Lipinski definition) is 3. The quantitative estimate of drug-likeness (QED) is 0.913. The summed E-state index contributed by atoms with van der Waals surface area (Å²) in [6.07, 6.45) is 4.15. The average Bonchev–Trinajstić information content (AvgIpc) is 3.11. The molecular weight excluding hydrogens is 260 g/mol. The summed E-state index contributed by atoms with van der Waals surface area (Å²) in [5.74, 6) is 0.962. The summed E-state index contributed by atoms with van der Waals surface area (Å²) in [5.41, 5.74) is 2.24. The first-order chi connectivity index (χ1) is 9.22. The lowest BCUT2D eigenvalue weighted by atomic mass is 10.1. The van der Waals surface area contributed by atoms with Gasteiger partial charge in [-0.05, 0) is 37.0 Å². The normalized spacial score (nSPS) is 14.8. The van der Waals surface area contributed by atoms with Crippen molar-refractivity contribution >= 4 is 11.6 Å². The molecule has 19 heavy (non-hydrogen) atoms. The maximum Gasteiger partial charge on any atom is 0.141 e. The summed E-state index contributed by atoms with van der Waals surface area (Å²) in [5, 5.41) is 8.52. The summed E-state index contributed by atoms with van der Waals surface area (Å²) in [4.78, 5) is 4.31. The Hall–Kier alpha value is -1.39. The van der Waals surface area contributed by atoms with Gasteiger partial charge in [-0.25, -0.2) is 9.67 Å². The highest BCUT2D eigenvalue weighted by Gasteiger charge is 2.21. The zero-order chi connectivity index (χ0) is 13.2. The SMILES string of the molecule is Cc1ccc(Cn2ncnc2CNC2CC2)c(Cl)c1. The molecule has 1 heterocycles. The second-order valence-electron chi connectivity index (χ2n) is 5.08. The number of nitrogens with one attached hydrogen (secondary N) is 1. The Bertz CT molecular complexity index is 575. The second kappa shape index (κ2) is 5.31. The molecule has 1 aliphatic rings. The van der Waals surface area contributed by atoms with E-state index >= 15 is 0 Å². The molecule has 0 spiro atoms. The molecule has 100 valence electrons. The molecule has 4 nitrogen and oxygen atoms in total. The topological polar surface area (TPSA) is 42.7 Å². The van der Waals surface area contributed by atoms with Gasteiger partial charge in [0, 0.05) is 11.1 Å². The van der Waals surface area contributed by atoms with Gasteiger partial charge in [0.25, 0.3) is 0 Å². The monoisotopic (exact) mass is 276 g/mol. The molecule has 0 bridgehead atoms. The first-order valence-corrected chi connectivity index (χ1v) is 6.95. The number of nitrogens with zero attached hydrogens (tertiary/aromatic N) is 3. The zero-order valence-electron chi connectivity index (χ0n) is 10.9. The molecule has 1 aromatic carbocycles. The number of rotatable bonds is 5. The van der Waals surface area contributed by atoms with Crippen LogP contribution in [-0.2, 0) is 13.1 Å². The van der Waals surface area contributed by atoms with Gasteiger partial charge in [0.15, 0.2) is 0 Å². The van der Waals surface area contributed by atoms with Gasteiger partial charge < -0.3 is 5.32 Å². The molecule has 1 saturated carbocycles. The smallest absolute Gasteiger partial charge is 0.141 e. The largest absolute Gasteiger partial charge is 0.307 e. The van der Waals surface area contributed by atoms with Gasteiger partial charge in [-0.2, -0.15) is 5.10 Å². The molecule has 0 radical (unpaired) electrons. The van der Waals surface area contributed by atoms with Crippen LogP contribution in [0.1, 0.15) is 29.8 Å². The standard InChI is InChI=1S/C14H17ClN4/c1-10-2-3-11(13(15)6-10)8-19-14(17-9-18-19)7-16-12-4-5-12/h2-3,6,9,12,16H,4-5,7-8H2,1H3. The Morgan fingerprint density at radius 3 is 3.00 bits per heavy atom. The highest BCUT2D eigenvalue weighted by Crippen LogP contribution is 2.20. The van der Waals surface area contributed by atoms with E-state index in [1.165, 1.54) is 18.4 Å². The van der Waals surface area contributed by atoms with E-state index in [0.29, 0.717) is 12.6 Å². The minimum absolute atomic E-state index is 0.667. The van der Waals surface area contributed by atoms with Gasteiger partial charge in [0.2, 0.25) is 0 Å². The Balaban J connectivity index is 1.73. The number of aromatic nitrogens is 3. The molecule has 1 aromatic heterocycles. The third-order valence-corrected chi connectivity index (χ3v) is 3.70. The highest BCUT2D eigenvalue weighted by molar-refractivity contribution is 6.31. The van der Waals surface area contributed by atoms with Crippen LogP contribution in [0.5, 0.6) is 0 Å². The molecule has 0 amide bonds. The van der Waals surface area contributed by atoms with E-state index in [2.05, 4.69) is 27.5 Å². The molecule has 1 N–H and O–H groups in total. The second-order valence-corrected chi connectivity index (χ2v) is 5.49. The molecule has 1 aliphatic carbocycles. The third kappa shape index (κ3) is 3.14. The minimum atomic E-state index is 0.667. The van der Waals surface area contributed by atoms with Gasteiger partial charge in [-0.1, -0.05) is 23.7 Å². The lowest BCUT2D eigenvalue weighted by Gasteiger charge is -2.09. The molecule has 0 atom stereocenters. The summed E-state index contributed by atoms with van der Waals surface area (Å²) in [6, 6.07) is 6.78. The molecular formula is C14H17ClN4. The Kier molecular flexibility index (Phi) is 3.53. The predicted octanol–water partition coefficient (Wildman–Crippen LogP) is 2.54. The van der Waals surface area contributed by atoms with Crippen molar-refractivity contribution in [3.8, 4) is 0 Å². The van der Waals surface area contributed by atoms with Gasteiger partial charge >= 0.3 is 0 Å². The molecule has 2 aromatic rings. The van der Waals surface area contributed by atoms with Crippen LogP contribution in [-0.4, -0.2) is 20.8 Å². The van der Waals surface area contributed by atoms with E-state index in [-0.39, 0.29) is 0 Å². The van der Waals surface area contributed by atoms with E-state index in [9.17, 15) is 0 Å². The van der Waals surface area contributed by atoms with E-state index in [1.54, 1.807) is 6.33 Å². The van der Waals surface area contributed by atoms with Crippen molar-refractivity contribution in [1.29, 1.82) is 0 Å². The van der Waals surface area contributed by atoms with Crippen molar-refractivity contribution in [2.24, 2.45) is 0 Å². The highest BCUT2D eigenvalue weighted by atomic mass is 35.5. The maximum absolute atomic E-state index is 6.26. The molecule has 0 unspecified atom stereocenters. The molecule has 3 rings (SSSR count). The summed E-state index contributed by atoms with van der Waals surface area (Å²) in [7, 11) is 0. The van der Waals surface area contributed by atoms with Crippen LogP contribution >= 0.6 is 11.6 Å². The first-order valence-electron chi connectivity index (χ1n) is 6.57. The van der Waals surface area contributed by atoms with Gasteiger partial charge in [0.1, 0.15) is 12.2 Å². The summed E-state index contributed by atoms with van der Waals surface area (Å²) >= 11 is 6.26. The van der Waals surface area contributed by atoms with Crippen LogP contribution in [0.25, 0.3) is 0 Å². The number of halogens is 1. The fraction of sp³-hybridized carbons (Fsp3) is 0.429. The van der Waals surface area contributed by atoms with Crippen LogP contribution in [0.2, 0.25) is 5.02 Å². The number of aryl methyl sites for hydroxylation is 1. The fourth-order valence-corrected chi connectivity index (χ4v) is 2.32. The predicted molar refractivity (Wildman–Crippen MR) is 75.2 cm³/mol. The minimum Gasteiger partial charge on any atom is -0.307 e. The zero-order valence-corrected chi connectivity index (χ0v) is 11.7. The van der Waals surface area contributed by atoms with Crippen molar-refractivity contribution in [3.63, 3.8) is 0 Å². The van der Waals surface area contributed by atoms with E-state index in [0.717, 1.165) is 23.0 Å². The van der Waals surface area contributed by atoms with Crippen LogP contribution in [0.15, 0.2) is 24.5 Å². The van der Waals surface area contributed by atoms with E-state index in [1.807, 2.05) is 17.7 Å². The molecule has 0 aliphatic heterocycles. The van der Waals surface area contributed by atoms with Crippen LogP contribution in [0.3, 0.4) is 0 Å². The van der Waals surface area contributed by atoms with Gasteiger partial charge in [-0.15, -0.1) is 0 Å². The molecule has 1 fully saturated rings. The lowest BCUT2D eigenvalue weighted by molar-refractivity contribution is 0.583. The number of hydrogen-bond donors (Lipinski definition) is 1. The Labute approximate surface area is 117 Å². The average molecular weight is 277 g/mol. The van der Waals surface area contributed by atoms with Crippen molar-refractivity contribution in [2.75, 3.05) is 0 Å². The van der Waals surface area contributed by atoms with Gasteiger partial charge in [0.05, 0.1) is 13.1 Å². The van der Waals surface area contributed by atoms with E-state index in [4.69, 9.17) is 11.6 Å². The lowest BCUT2D eigenvalue weighted by Crippen LogP contribution is -2.19. The summed E-state index contributed by atoms with van der Waals surface area (Å²) < 4.78 is 1.91. The van der Waals surface area contributed by atoms with E-state index < -0.39 is 0 Å². The maximum atomic E-state index is 6.26. The van der Waals surface area contributed by atoms with Crippen LogP contribution < -0.4 is 5.32 Å². The van der Waals surface area contributed by atoms with Crippen molar-refractivity contribution in [1.82, 2.24) is 20.1 Å².